The second kappa shape index (κ2) is 4.65. The molecule has 1 amide bonds. The summed E-state index contributed by atoms with van der Waals surface area (Å²) in [4.78, 5) is 25.6. The van der Waals surface area contributed by atoms with Gasteiger partial charge in [0.15, 0.2) is 0 Å². The van der Waals surface area contributed by atoms with Crippen molar-refractivity contribution in [1.29, 1.82) is 0 Å². The third-order valence-electron chi connectivity index (χ3n) is 4.47. The number of hydrogen-bond acceptors (Lipinski definition) is 3. The molecule has 0 aromatic carbocycles. The van der Waals surface area contributed by atoms with Gasteiger partial charge >= 0.3 is 5.97 Å². The van der Waals surface area contributed by atoms with Crippen molar-refractivity contribution >= 4 is 11.9 Å². The number of aliphatic carboxylic acids is 1. The zero-order chi connectivity index (χ0) is 14.4. The molecule has 5 nitrogen and oxygen atoms in total. The van der Waals surface area contributed by atoms with Crippen LogP contribution in [-0.4, -0.2) is 35.0 Å². The molecule has 5 heteroatoms. The Hall–Kier alpha value is -1.78. The van der Waals surface area contributed by atoms with Gasteiger partial charge in [-0.2, -0.15) is 0 Å². The number of likely N-dealkylation sites (tertiary alicyclic amines) is 1. The van der Waals surface area contributed by atoms with Crippen molar-refractivity contribution in [3.63, 3.8) is 0 Å². The molecule has 1 aliphatic heterocycles. The molecule has 0 bridgehead atoms. The summed E-state index contributed by atoms with van der Waals surface area (Å²) in [5, 5.41) is 9.33. The number of carboxylic acid groups (broad SMARTS) is 1. The fourth-order valence-electron chi connectivity index (χ4n) is 3.27. The molecule has 2 aliphatic rings. The highest BCUT2D eigenvalue weighted by Gasteiger charge is 2.47. The highest BCUT2D eigenvalue weighted by molar-refractivity contribution is 5.96. The van der Waals surface area contributed by atoms with Crippen LogP contribution < -0.4 is 0 Å². The lowest BCUT2D eigenvalue weighted by Gasteiger charge is -2.15. The first-order valence-electron chi connectivity index (χ1n) is 7.06. The maximum atomic E-state index is 12.5. The van der Waals surface area contributed by atoms with Crippen molar-refractivity contribution in [2.45, 2.75) is 26.7 Å². The number of carbonyl (C=O) groups is 2. The zero-order valence-electron chi connectivity index (χ0n) is 11.8. The standard InChI is InChI=1S/C15H19NO4/c1-8-5-11(9(2)20-8)14(17)16-6-12(10-3-4-10)13(7-16)15(18)19/h5,10,12-13H,3-4,6-7H2,1-2H3,(H,18,19)/t12-,13+/m0/s1. The summed E-state index contributed by atoms with van der Waals surface area (Å²) in [5.41, 5.74) is 0.558. The second-order valence-corrected chi connectivity index (χ2v) is 5.98. The number of hydrogen-bond donors (Lipinski definition) is 1. The van der Waals surface area contributed by atoms with Gasteiger partial charge in [0, 0.05) is 13.1 Å². The molecule has 1 aromatic rings. The molecule has 1 aliphatic carbocycles. The van der Waals surface area contributed by atoms with Gasteiger partial charge in [0.1, 0.15) is 11.5 Å². The molecule has 20 heavy (non-hydrogen) atoms. The average molecular weight is 277 g/mol. The third-order valence-corrected chi connectivity index (χ3v) is 4.47. The number of aryl methyl sites for hydroxylation is 2. The Balaban J connectivity index is 1.79. The van der Waals surface area contributed by atoms with Gasteiger partial charge in [-0.25, -0.2) is 0 Å². The van der Waals surface area contributed by atoms with E-state index in [-0.39, 0.29) is 11.8 Å². The number of amides is 1. The molecule has 1 aromatic heterocycles. The fraction of sp³-hybridized carbons (Fsp3) is 0.600. The van der Waals surface area contributed by atoms with Gasteiger partial charge in [0.25, 0.3) is 5.91 Å². The Kier molecular flexibility index (Phi) is 3.07. The minimum Gasteiger partial charge on any atom is -0.481 e. The molecule has 2 atom stereocenters. The van der Waals surface area contributed by atoms with Gasteiger partial charge in [-0.3, -0.25) is 9.59 Å². The quantitative estimate of drug-likeness (QED) is 0.918. The zero-order valence-corrected chi connectivity index (χ0v) is 11.8. The van der Waals surface area contributed by atoms with Crippen molar-refractivity contribution in [2.75, 3.05) is 13.1 Å². The summed E-state index contributed by atoms with van der Waals surface area (Å²) < 4.78 is 5.39. The van der Waals surface area contributed by atoms with Crippen LogP contribution in [0.4, 0.5) is 0 Å². The van der Waals surface area contributed by atoms with Crippen molar-refractivity contribution in [2.24, 2.45) is 17.8 Å². The van der Waals surface area contributed by atoms with Crippen LogP contribution in [0.15, 0.2) is 10.5 Å². The van der Waals surface area contributed by atoms with Gasteiger partial charge in [0.2, 0.25) is 0 Å². The SMILES string of the molecule is Cc1cc(C(=O)N2C[C@@H](C(=O)O)[C@H](C3CC3)C2)c(C)o1. The van der Waals surface area contributed by atoms with Crippen LogP contribution in [-0.2, 0) is 4.79 Å². The summed E-state index contributed by atoms with van der Waals surface area (Å²) in [6, 6.07) is 1.73. The largest absolute Gasteiger partial charge is 0.481 e. The first kappa shape index (κ1) is 13.2. The molecule has 1 N–H and O–H groups in total. The van der Waals surface area contributed by atoms with Gasteiger partial charge in [-0.05, 0) is 44.6 Å². The monoisotopic (exact) mass is 277 g/mol. The fourth-order valence-corrected chi connectivity index (χ4v) is 3.27. The Labute approximate surface area is 117 Å². The van der Waals surface area contributed by atoms with E-state index in [1.807, 2.05) is 0 Å². The van der Waals surface area contributed by atoms with E-state index in [1.165, 1.54) is 0 Å². The number of carbonyl (C=O) groups excluding carboxylic acids is 1. The Morgan fingerprint density at radius 1 is 1.30 bits per heavy atom. The van der Waals surface area contributed by atoms with Gasteiger partial charge in [-0.1, -0.05) is 0 Å². The predicted molar refractivity (Wildman–Crippen MR) is 71.4 cm³/mol. The Bertz CT molecular complexity index is 558. The molecule has 108 valence electrons. The first-order valence-corrected chi connectivity index (χ1v) is 7.06. The molecule has 2 fully saturated rings. The highest BCUT2D eigenvalue weighted by Crippen LogP contribution is 2.44. The molecular formula is C15H19NO4. The summed E-state index contributed by atoms with van der Waals surface area (Å²) in [7, 11) is 0. The maximum absolute atomic E-state index is 12.5. The maximum Gasteiger partial charge on any atom is 0.308 e. The van der Waals surface area contributed by atoms with Crippen LogP contribution in [0.2, 0.25) is 0 Å². The lowest BCUT2D eigenvalue weighted by molar-refractivity contribution is -0.142. The van der Waals surface area contributed by atoms with Crippen LogP contribution in [0, 0.1) is 31.6 Å². The van der Waals surface area contributed by atoms with Crippen LogP contribution in [0.5, 0.6) is 0 Å². The van der Waals surface area contributed by atoms with Crippen LogP contribution in [0.3, 0.4) is 0 Å². The molecule has 1 saturated heterocycles. The molecule has 1 saturated carbocycles. The number of carboxylic acids is 1. The minimum atomic E-state index is -0.780. The molecule has 0 spiro atoms. The average Bonchev–Trinajstić information content (AvgIpc) is 3.03. The second-order valence-electron chi connectivity index (χ2n) is 5.98. The van der Waals surface area contributed by atoms with Crippen molar-refractivity contribution < 1.29 is 19.1 Å². The van der Waals surface area contributed by atoms with Crippen LogP contribution >= 0.6 is 0 Å². The van der Waals surface area contributed by atoms with E-state index in [0.29, 0.717) is 36.1 Å². The molecular weight excluding hydrogens is 258 g/mol. The summed E-state index contributed by atoms with van der Waals surface area (Å²) >= 11 is 0. The van der Waals surface area contributed by atoms with E-state index in [2.05, 4.69) is 0 Å². The smallest absolute Gasteiger partial charge is 0.308 e. The normalized spacial score (nSPS) is 26.0. The van der Waals surface area contributed by atoms with E-state index in [4.69, 9.17) is 4.42 Å². The number of rotatable bonds is 3. The van der Waals surface area contributed by atoms with Gasteiger partial charge < -0.3 is 14.4 Å². The molecule has 0 unspecified atom stereocenters. The predicted octanol–water partition coefficient (Wildman–Crippen LogP) is 2.08. The summed E-state index contributed by atoms with van der Waals surface area (Å²) in [6.07, 6.45) is 2.20. The van der Waals surface area contributed by atoms with Gasteiger partial charge in [-0.15, -0.1) is 0 Å². The van der Waals surface area contributed by atoms with Crippen molar-refractivity contribution in [1.82, 2.24) is 4.90 Å². The highest BCUT2D eigenvalue weighted by atomic mass is 16.4. The molecule has 3 rings (SSSR count). The van der Waals surface area contributed by atoms with E-state index in [1.54, 1.807) is 24.8 Å². The van der Waals surface area contributed by atoms with E-state index in [0.717, 1.165) is 12.8 Å². The van der Waals surface area contributed by atoms with Crippen LogP contribution in [0.1, 0.15) is 34.7 Å². The number of furan rings is 1. The lowest BCUT2D eigenvalue weighted by atomic mass is 9.92. The Morgan fingerprint density at radius 3 is 2.50 bits per heavy atom. The van der Waals surface area contributed by atoms with E-state index in [9.17, 15) is 14.7 Å². The van der Waals surface area contributed by atoms with Gasteiger partial charge in [0.05, 0.1) is 11.5 Å². The topological polar surface area (TPSA) is 70.8 Å². The first-order chi connectivity index (χ1) is 9.47. The van der Waals surface area contributed by atoms with E-state index >= 15 is 0 Å². The summed E-state index contributed by atoms with van der Waals surface area (Å²) in [5.74, 6) is 0.615. The van der Waals surface area contributed by atoms with Crippen molar-refractivity contribution in [3.8, 4) is 0 Å². The molecule has 0 radical (unpaired) electrons. The van der Waals surface area contributed by atoms with Crippen molar-refractivity contribution in [3.05, 3.63) is 23.2 Å². The van der Waals surface area contributed by atoms with Crippen LogP contribution in [0.25, 0.3) is 0 Å². The lowest BCUT2D eigenvalue weighted by Crippen LogP contribution is -2.30. The van der Waals surface area contributed by atoms with E-state index < -0.39 is 11.9 Å². The summed E-state index contributed by atoms with van der Waals surface area (Å²) in [6.45, 7) is 4.45. The third kappa shape index (κ3) is 2.21. The minimum absolute atomic E-state index is 0.103. The Morgan fingerprint density at radius 2 is 2.00 bits per heavy atom. The number of nitrogens with zero attached hydrogens (tertiary/aromatic N) is 1. The molecule has 2 heterocycles.